The molecule has 0 aliphatic rings. The van der Waals surface area contributed by atoms with Crippen molar-refractivity contribution in [3.63, 3.8) is 0 Å². The topological polar surface area (TPSA) is 73.7 Å². The summed E-state index contributed by atoms with van der Waals surface area (Å²) < 4.78 is 0. The highest BCUT2D eigenvalue weighted by Gasteiger charge is 2.18. The molecule has 2 aromatic rings. The highest BCUT2D eigenvalue weighted by atomic mass is 16.3. The van der Waals surface area contributed by atoms with Crippen LogP contribution in [0.3, 0.4) is 0 Å². The Morgan fingerprint density at radius 1 is 1.29 bits per heavy atom. The van der Waals surface area contributed by atoms with Gasteiger partial charge in [-0.1, -0.05) is 30.3 Å². The molecule has 0 saturated heterocycles. The maximum absolute atomic E-state index is 12.6. The number of aromatic hydroxyl groups is 1. The van der Waals surface area contributed by atoms with E-state index in [1.807, 2.05) is 37.3 Å². The molecule has 0 bridgehead atoms. The number of carbonyl (C=O) groups excluding carboxylic acids is 1. The van der Waals surface area contributed by atoms with Crippen LogP contribution in [-0.4, -0.2) is 38.7 Å². The van der Waals surface area contributed by atoms with E-state index in [0.717, 1.165) is 5.56 Å². The lowest BCUT2D eigenvalue weighted by Gasteiger charge is -2.28. The Kier molecular flexibility index (Phi) is 6.51. The lowest BCUT2D eigenvalue weighted by atomic mass is 10.1. The summed E-state index contributed by atoms with van der Waals surface area (Å²) in [6.45, 7) is 2.42. The van der Waals surface area contributed by atoms with Gasteiger partial charge < -0.3 is 15.1 Å². The van der Waals surface area contributed by atoms with E-state index < -0.39 is 0 Å². The smallest absolute Gasteiger partial charge is 0.247 e. The average molecular weight is 326 g/mol. The van der Waals surface area contributed by atoms with E-state index >= 15 is 0 Å². The molecule has 5 heteroatoms. The Bertz CT molecular complexity index is 686. The second-order valence-corrected chi connectivity index (χ2v) is 5.62. The minimum absolute atomic E-state index is 0.0277. The van der Waals surface area contributed by atoms with Crippen molar-refractivity contribution in [3.8, 4) is 5.75 Å². The first-order valence-corrected chi connectivity index (χ1v) is 7.87. The molecular weight excluding hydrogens is 304 g/mol. The second-order valence-electron chi connectivity index (χ2n) is 5.62. The van der Waals surface area contributed by atoms with Gasteiger partial charge in [-0.3, -0.25) is 9.78 Å². The van der Waals surface area contributed by atoms with E-state index in [4.69, 9.17) is 0 Å². The molecule has 2 N–H and O–H groups in total. The van der Waals surface area contributed by atoms with Gasteiger partial charge in [0.1, 0.15) is 5.75 Å². The van der Waals surface area contributed by atoms with Crippen molar-refractivity contribution >= 4 is 12.0 Å². The van der Waals surface area contributed by atoms with Crippen molar-refractivity contribution in [3.05, 3.63) is 66.0 Å². The van der Waals surface area contributed by atoms with Crippen molar-refractivity contribution in [2.45, 2.75) is 25.9 Å². The van der Waals surface area contributed by atoms with Crippen molar-refractivity contribution in [1.82, 2.24) is 9.88 Å². The summed E-state index contributed by atoms with van der Waals surface area (Å²) >= 11 is 0. The molecule has 1 amide bonds. The zero-order valence-corrected chi connectivity index (χ0v) is 13.7. The van der Waals surface area contributed by atoms with Crippen LogP contribution < -0.4 is 0 Å². The second kappa shape index (κ2) is 8.84. The minimum Gasteiger partial charge on any atom is -0.506 e. The summed E-state index contributed by atoms with van der Waals surface area (Å²) in [6, 6.07) is 11.2. The standard InChI is InChI=1S/C19H22N2O3/c1-15(9-10-22)21(14-16-5-3-2-4-6-16)19(24)8-7-17-11-18(23)13-20-12-17/h2-8,11-13,15,22-23H,9-10,14H2,1H3/b8-7+. The summed E-state index contributed by atoms with van der Waals surface area (Å²) in [6.07, 6.45) is 6.51. The largest absolute Gasteiger partial charge is 0.506 e. The Hall–Kier alpha value is -2.66. The van der Waals surface area contributed by atoms with Crippen molar-refractivity contribution < 1.29 is 15.0 Å². The van der Waals surface area contributed by atoms with Crippen LogP contribution in [0.25, 0.3) is 6.08 Å². The summed E-state index contributed by atoms with van der Waals surface area (Å²) in [5.41, 5.74) is 1.68. The predicted octanol–water partition coefficient (Wildman–Crippen LogP) is 2.60. The molecule has 126 valence electrons. The van der Waals surface area contributed by atoms with E-state index in [2.05, 4.69) is 4.98 Å². The number of nitrogens with zero attached hydrogens (tertiary/aromatic N) is 2. The number of carbonyl (C=O) groups is 1. The van der Waals surface area contributed by atoms with Crippen LogP contribution in [0.4, 0.5) is 0 Å². The number of amides is 1. The molecule has 1 heterocycles. The molecule has 5 nitrogen and oxygen atoms in total. The maximum Gasteiger partial charge on any atom is 0.247 e. The van der Waals surface area contributed by atoms with Crippen LogP contribution in [-0.2, 0) is 11.3 Å². The number of rotatable bonds is 7. The third kappa shape index (κ3) is 5.21. The molecule has 1 unspecified atom stereocenters. The van der Waals surface area contributed by atoms with Crippen LogP contribution in [0.1, 0.15) is 24.5 Å². The third-order valence-electron chi connectivity index (χ3n) is 3.72. The first kappa shape index (κ1) is 17.7. The van der Waals surface area contributed by atoms with Gasteiger partial charge >= 0.3 is 0 Å². The number of hydrogen-bond donors (Lipinski definition) is 2. The van der Waals surface area contributed by atoms with E-state index in [1.165, 1.54) is 18.3 Å². The summed E-state index contributed by atoms with van der Waals surface area (Å²) in [4.78, 5) is 18.2. The van der Waals surface area contributed by atoms with Gasteiger partial charge in [-0.15, -0.1) is 0 Å². The zero-order chi connectivity index (χ0) is 17.4. The number of aliphatic hydroxyl groups is 1. The van der Waals surface area contributed by atoms with Gasteiger partial charge in [0.25, 0.3) is 0 Å². The van der Waals surface area contributed by atoms with Gasteiger partial charge in [0.15, 0.2) is 0 Å². The van der Waals surface area contributed by atoms with Crippen LogP contribution in [0.2, 0.25) is 0 Å². The highest BCUT2D eigenvalue weighted by Crippen LogP contribution is 2.14. The number of benzene rings is 1. The van der Waals surface area contributed by atoms with Crippen LogP contribution >= 0.6 is 0 Å². The summed E-state index contributed by atoms with van der Waals surface area (Å²) in [5.74, 6) is -0.0949. The molecule has 2 rings (SSSR count). The van der Waals surface area contributed by atoms with Gasteiger partial charge in [-0.25, -0.2) is 0 Å². The van der Waals surface area contributed by atoms with Crippen LogP contribution in [0, 0.1) is 0 Å². The summed E-state index contributed by atoms with van der Waals surface area (Å²) in [5, 5.41) is 18.6. The van der Waals surface area contributed by atoms with E-state index in [9.17, 15) is 15.0 Å². The SMILES string of the molecule is CC(CCO)N(Cc1ccccc1)C(=O)/C=C/c1cncc(O)c1. The lowest BCUT2D eigenvalue weighted by Crippen LogP contribution is -2.37. The van der Waals surface area contributed by atoms with Crippen molar-refractivity contribution in [2.75, 3.05) is 6.61 Å². The molecule has 0 radical (unpaired) electrons. The fourth-order valence-electron chi connectivity index (χ4n) is 2.37. The Balaban J connectivity index is 2.14. The molecule has 1 aromatic carbocycles. The van der Waals surface area contributed by atoms with E-state index in [1.54, 1.807) is 17.2 Å². The van der Waals surface area contributed by atoms with Crippen LogP contribution in [0.5, 0.6) is 5.75 Å². The molecule has 1 aromatic heterocycles. The van der Waals surface area contributed by atoms with Crippen molar-refractivity contribution in [1.29, 1.82) is 0 Å². The molecule has 0 saturated carbocycles. The van der Waals surface area contributed by atoms with Gasteiger partial charge in [0, 0.05) is 31.5 Å². The van der Waals surface area contributed by atoms with E-state index in [-0.39, 0.29) is 24.3 Å². The molecule has 1 atom stereocenters. The van der Waals surface area contributed by atoms with Crippen LogP contribution in [0.15, 0.2) is 54.9 Å². The zero-order valence-electron chi connectivity index (χ0n) is 13.7. The van der Waals surface area contributed by atoms with Gasteiger partial charge in [-0.05, 0) is 36.6 Å². The van der Waals surface area contributed by atoms with Crippen molar-refractivity contribution in [2.24, 2.45) is 0 Å². The number of aromatic nitrogens is 1. The fourth-order valence-corrected chi connectivity index (χ4v) is 2.37. The lowest BCUT2D eigenvalue weighted by molar-refractivity contribution is -0.128. The Morgan fingerprint density at radius 3 is 2.71 bits per heavy atom. The average Bonchev–Trinajstić information content (AvgIpc) is 2.59. The predicted molar refractivity (Wildman–Crippen MR) is 93.1 cm³/mol. The number of aliphatic hydroxyl groups excluding tert-OH is 1. The fraction of sp³-hybridized carbons (Fsp3) is 0.263. The first-order valence-electron chi connectivity index (χ1n) is 7.87. The minimum atomic E-state index is -0.150. The molecule has 0 spiro atoms. The molecule has 0 aliphatic carbocycles. The van der Waals surface area contributed by atoms with Gasteiger partial charge in [0.05, 0.1) is 6.20 Å². The number of pyridine rings is 1. The highest BCUT2D eigenvalue weighted by molar-refractivity contribution is 5.92. The summed E-state index contributed by atoms with van der Waals surface area (Å²) in [7, 11) is 0. The quantitative estimate of drug-likeness (QED) is 0.767. The molecule has 0 fully saturated rings. The third-order valence-corrected chi connectivity index (χ3v) is 3.72. The monoisotopic (exact) mass is 326 g/mol. The van der Waals surface area contributed by atoms with E-state index in [0.29, 0.717) is 18.5 Å². The first-order chi connectivity index (χ1) is 11.6. The Morgan fingerprint density at radius 2 is 2.04 bits per heavy atom. The molecular formula is C19H22N2O3. The Labute approximate surface area is 141 Å². The maximum atomic E-state index is 12.6. The normalized spacial score (nSPS) is 12.2. The van der Waals surface area contributed by atoms with Gasteiger partial charge in [0.2, 0.25) is 5.91 Å². The molecule has 0 aliphatic heterocycles. The molecule has 24 heavy (non-hydrogen) atoms. The number of hydrogen-bond acceptors (Lipinski definition) is 4. The van der Waals surface area contributed by atoms with Gasteiger partial charge in [-0.2, -0.15) is 0 Å².